The first kappa shape index (κ1) is 13.2. The molecule has 0 heterocycles. The van der Waals surface area contributed by atoms with Gasteiger partial charge in [0.1, 0.15) is 0 Å². The maximum absolute atomic E-state index is 10.0. The van der Waals surface area contributed by atoms with E-state index in [9.17, 15) is 5.11 Å². The highest BCUT2D eigenvalue weighted by atomic mass is 16.5. The van der Waals surface area contributed by atoms with Crippen LogP contribution in [-0.2, 0) is 4.74 Å². The summed E-state index contributed by atoms with van der Waals surface area (Å²) in [6.45, 7) is 3.38. The van der Waals surface area contributed by atoms with Crippen LogP contribution in [0, 0.1) is 0 Å². The first-order valence-electron chi connectivity index (χ1n) is 5.57. The van der Waals surface area contributed by atoms with E-state index in [1.165, 1.54) is 0 Å². The summed E-state index contributed by atoms with van der Waals surface area (Å²) in [6.07, 6.45) is -0.439. The summed E-state index contributed by atoms with van der Waals surface area (Å²) in [5.41, 5.74) is 0.957. The monoisotopic (exact) mass is 223 g/mol. The summed E-state index contributed by atoms with van der Waals surface area (Å²) in [5, 5.41) is 10.0. The van der Waals surface area contributed by atoms with Crippen molar-refractivity contribution in [1.82, 2.24) is 4.90 Å². The van der Waals surface area contributed by atoms with E-state index in [1.54, 1.807) is 7.11 Å². The van der Waals surface area contributed by atoms with Crippen LogP contribution < -0.4 is 0 Å². The molecular formula is C13H21NO2. The number of nitrogens with zero attached hydrogens (tertiary/aromatic N) is 1. The number of benzene rings is 1. The van der Waals surface area contributed by atoms with Gasteiger partial charge in [0.15, 0.2) is 0 Å². The lowest BCUT2D eigenvalue weighted by molar-refractivity contribution is 0.0709. The first-order chi connectivity index (χ1) is 7.65. The second-order valence-electron chi connectivity index (χ2n) is 4.17. The van der Waals surface area contributed by atoms with Crippen LogP contribution >= 0.6 is 0 Å². The van der Waals surface area contributed by atoms with E-state index < -0.39 is 6.10 Å². The van der Waals surface area contributed by atoms with Gasteiger partial charge >= 0.3 is 0 Å². The topological polar surface area (TPSA) is 32.7 Å². The molecule has 2 unspecified atom stereocenters. The standard InChI is InChI=1S/C13H21NO2/c1-11(10-16-3)14(2)9-13(15)12-7-5-4-6-8-12/h4-8,11,13,15H,9-10H2,1-3H3. The fourth-order valence-electron chi connectivity index (χ4n) is 1.60. The fraction of sp³-hybridized carbons (Fsp3) is 0.538. The molecule has 0 bridgehead atoms. The van der Waals surface area contributed by atoms with Crippen LogP contribution in [0.3, 0.4) is 0 Å². The molecule has 0 fully saturated rings. The zero-order valence-corrected chi connectivity index (χ0v) is 10.3. The van der Waals surface area contributed by atoms with Gasteiger partial charge in [-0.05, 0) is 19.5 Å². The van der Waals surface area contributed by atoms with Crippen LogP contribution in [0.15, 0.2) is 30.3 Å². The molecule has 0 saturated carbocycles. The molecule has 1 aromatic carbocycles. The predicted molar refractivity (Wildman–Crippen MR) is 65.4 cm³/mol. The molecule has 16 heavy (non-hydrogen) atoms. The average Bonchev–Trinajstić information content (AvgIpc) is 2.30. The minimum atomic E-state index is -0.439. The van der Waals surface area contributed by atoms with E-state index in [0.717, 1.165) is 5.56 Å². The molecule has 0 aliphatic heterocycles. The van der Waals surface area contributed by atoms with Gasteiger partial charge in [-0.25, -0.2) is 0 Å². The molecule has 1 N–H and O–H groups in total. The fourth-order valence-corrected chi connectivity index (χ4v) is 1.60. The Bertz CT molecular complexity index is 289. The summed E-state index contributed by atoms with van der Waals surface area (Å²) >= 11 is 0. The van der Waals surface area contributed by atoms with Crippen LogP contribution in [0.2, 0.25) is 0 Å². The Morgan fingerprint density at radius 1 is 1.31 bits per heavy atom. The summed E-state index contributed by atoms with van der Waals surface area (Å²) in [5.74, 6) is 0. The van der Waals surface area contributed by atoms with Gasteiger partial charge in [-0.3, -0.25) is 4.90 Å². The van der Waals surface area contributed by atoms with Gasteiger partial charge in [0.05, 0.1) is 12.7 Å². The van der Waals surface area contributed by atoms with Gasteiger partial charge in [0.2, 0.25) is 0 Å². The molecule has 0 saturated heterocycles. The predicted octanol–water partition coefficient (Wildman–Crippen LogP) is 1.69. The summed E-state index contributed by atoms with van der Waals surface area (Å²) in [4.78, 5) is 2.10. The molecule has 0 amide bonds. The molecule has 3 nitrogen and oxygen atoms in total. The quantitative estimate of drug-likeness (QED) is 0.796. The Hall–Kier alpha value is -0.900. The average molecular weight is 223 g/mol. The summed E-state index contributed by atoms with van der Waals surface area (Å²) < 4.78 is 5.09. The molecule has 90 valence electrons. The second kappa shape index (κ2) is 6.63. The Morgan fingerprint density at radius 2 is 1.94 bits per heavy atom. The molecular weight excluding hydrogens is 202 g/mol. The van der Waals surface area contributed by atoms with Crippen molar-refractivity contribution in [2.45, 2.75) is 19.1 Å². The Morgan fingerprint density at radius 3 is 2.50 bits per heavy atom. The Balaban J connectivity index is 2.48. The largest absolute Gasteiger partial charge is 0.387 e. The lowest BCUT2D eigenvalue weighted by Crippen LogP contribution is -2.35. The van der Waals surface area contributed by atoms with Gasteiger partial charge < -0.3 is 9.84 Å². The van der Waals surface area contributed by atoms with E-state index in [1.807, 2.05) is 37.4 Å². The number of hydrogen-bond acceptors (Lipinski definition) is 3. The number of methoxy groups -OCH3 is 1. The molecule has 2 atom stereocenters. The number of ether oxygens (including phenoxy) is 1. The summed E-state index contributed by atoms with van der Waals surface area (Å²) in [7, 11) is 3.69. The van der Waals surface area contributed by atoms with E-state index in [2.05, 4.69) is 11.8 Å². The third-order valence-electron chi connectivity index (χ3n) is 2.81. The molecule has 0 aliphatic rings. The molecule has 1 aromatic rings. The molecule has 0 radical (unpaired) electrons. The third-order valence-corrected chi connectivity index (χ3v) is 2.81. The smallest absolute Gasteiger partial charge is 0.0916 e. The van der Waals surface area contributed by atoms with Crippen LogP contribution in [-0.4, -0.2) is 43.4 Å². The van der Waals surface area contributed by atoms with Crippen molar-refractivity contribution in [3.8, 4) is 0 Å². The molecule has 3 heteroatoms. The van der Waals surface area contributed by atoms with Crippen LogP contribution in [0.1, 0.15) is 18.6 Å². The number of rotatable bonds is 6. The maximum atomic E-state index is 10.0. The normalized spacial score (nSPS) is 15.1. The maximum Gasteiger partial charge on any atom is 0.0916 e. The third kappa shape index (κ3) is 3.93. The van der Waals surface area contributed by atoms with Gasteiger partial charge in [0.25, 0.3) is 0 Å². The lowest BCUT2D eigenvalue weighted by atomic mass is 10.1. The number of likely N-dealkylation sites (N-methyl/N-ethyl adjacent to an activating group) is 1. The van der Waals surface area contributed by atoms with Crippen molar-refractivity contribution in [2.75, 3.05) is 27.3 Å². The van der Waals surface area contributed by atoms with Gasteiger partial charge in [-0.2, -0.15) is 0 Å². The Labute approximate surface area is 97.7 Å². The van der Waals surface area contributed by atoms with Gasteiger partial charge in [0, 0.05) is 19.7 Å². The molecule has 0 aliphatic carbocycles. The zero-order chi connectivity index (χ0) is 12.0. The lowest BCUT2D eigenvalue weighted by Gasteiger charge is -2.26. The summed E-state index contributed by atoms with van der Waals surface area (Å²) in [6, 6.07) is 10.0. The number of aliphatic hydroxyl groups excluding tert-OH is 1. The van der Waals surface area contributed by atoms with Gasteiger partial charge in [-0.1, -0.05) is 30.3 Å². The second-order valence-corrected chi connectivity index (χ2v) is 4.17. The highest BCUT2D eigenvalue weighted by molar-refractivity contribution is 5.17. The Kier molecular flexibility index (Phi) is 5.46. The zero-order valence-electron chi connectivity index (χ0n) is 10.3. The number of aliphatic hydroxyl groups is 1. The first-order valence-corrected chi connectivity index (χ1v) is 5.57. The van der Waals surface area contributed by atoms with Crippen molar-refractivity contribution in [3.63, 3.8) is 0 Å². The van der Waals surface area contributed by atoms with Crippen LogP contribution in [0.5, 0.6) is 0 Å². The molecule has 0 aromatic heterocycles. The highest BCUT2D eigenvalue weighted by Crippen LogP contribution is 2.14. The van der Waals surface area contributed by atoms with Crippen molar-refractivity contribution < 1.29 is 9.84 Å². The van der Waals surface area contributed by atoms with Crippen LogP contribution in [0.4, 0.5) is 0 Å². The van der Waals surface area contributed by atoms with Gasteiger partial charge in [-0.15, -0.1) is 0 Å². The van der Waals surface area contributed by atoms with E-state index >= 15 is 0 Å². The van der Waals surface area contributed by atoms with Crippen molar-refractivity contribution in [2.24, 2.45) is 0 Å². The number of hydrogen-bond donors (Lipinski definition) is 1. The van der Waals surface area contributed by atoms with E-state index in [4.69, 9.17) is 4.74 Å². The molecule has 1 rings (SSSR count). The SMILES string of the molecule is COCC(C)N(C)CC(O)c1ccccc1. The van der Waals surface area contributed by atoms with Crippen molar-refractivity contribution >= 4 is 0 Å². The van der Waals surface area contributed by atoms with E-state index in [-0.39, 0.29) is 0 Å². The highest BCUT2D eigenvalue weighted by Gasteiger charge is 2.14. The van der Waals surface area contributed by atoms with Crippen LogP contribution in [0.25, 0.3) is 0 Å². The minimum Gasteiger partial charge on any atom is -0.387 e. The van der Waals surface area contributed by atoms with Crippen molar-refractivity contribution in [3.05, 3.63) is 35.9 Å². The molecule has 0 spiro atoms. The van der Waals surface area contributed by atoms with E-state index in [0.29, 0.717) is 19.2 Å². The minimum absolute atomic E-state index is 0.309. The van der Waals surface area contributed by atoms with Crippen molar-refractivity contribution in [1.29, 1.82) is 0 Å².